The van der Waals surface area contributed by atoms with Crippen LogP contribution in [-0.2, 0) is 6.54 Å². The maximum Gasteiger partial charge on any atom is 0.335 e. The van der Waals surface area contributed by atoms with Gasteiger partial charge in [0, 0.05) is 29.6 Å². The molecule has 0 spiro atoms. The number of rotatable bonds is 4. The minimum absolute atomic E-state index is 0. The number of ether oxygens (including phenoxy) is 1. The van der Waals surface area contributed by atoms with Gasteiger partial charge in [-0.2, -0.15) is 0 Å². The molecule has 1 aromatic heterocycles. The van der Waals surface area contributed by atoms with Crippen molar-refractivity contribution in [2.24, 2.45) is 0 Å². The largest absolute Gasteiger partial charge is 0.497 e. The van der Waals surface area contributed by atoms with Gasteiger partial charge in [-0.1, -0.05) is 7.43 Å². The molecule has 0 aliphatic carbocycles. The number of nitrogens with one attached hydrogen (secondary N) is 2. The van der Waals surface area contributed by atoms with E-state index in [1.807, 2.05) is 0 Å². The van der Waals surface area contributed by atoms with Crippen molar-refractivity contribution >= 4 is 23.5 Å². The van der Waals surface area contributed by atoms with Gasteiger partial charge in [-0.05, 0) is 42.5 Å². The van der Waals surface area contributed by atoms with Gasteiger partial charge in [0.2, 0.25) is 5.95 Å². The summed E-state index contributed by atoms with van der Waals surface area (Å²) in [6, 6.07) is 11.5. The molecule has 1 aliphatic heterocycles. The number of carboxylic acids is 1. The SMILES string of the molecule is C.COc1ccc2c(c1)C(=O)NCc1cnc(Nc3ccc(C(=O)O)cc3)nc1-2. The number of carbonyl (C=O) groups excluding carboxylic acids is 1. The van der Waals surface area contributed by atoms with E-state index < -0.39 is 5.97 Å². The quantitative estimate of drug-likeness (QED) is 0.623. The third-order valence-electron chi connectivity index (χ3n) is 4.42. The molecule has 29 heavy (non-hydrogen) atoms. The van der Waals surface area contributed by atoms with E-state index in [4.69, 9.17) is 9.84 Å². The summed E-state index contributed by atoms with van der Waals surface area (Å²) in [5.74, 6) is -0.260. The molecule has 1 amide bonds. The standard InChI is InChI=1S/C20H16N4O4.CH4/c1-28-14-6-7-15-16(8-14)18(25)21-9-12-10-22-20(24-17(12)15)23-13-4-2-11(3-5-13)19(26)27;/h2-8,10H,9H2,1H3,(H,21,25)(H,26,27)(H,22,23,24);1H4. The van der Waals surface area contributed by atoms with E-state index in [9.17, 15) is 9.59 Å². The first kappa shape index (κ1) is 19.8. The topological polar surface area (TPSA) is 113 Å². The molecule has 0 radical (unpaired) electrons. The number of fused-ring (bicyclic) bond motifs is 3. The zero-order chi connectivity index (χ0) is 19.7. The Morgan fingerprint density at radius 3 is 2.62 bits per heavy atom. The number of carbonyl (C=O) groups is 2. The minimum atomic E-state index is -0.989. The summed E-state index contributed by atoms with van der Waals surface area (Å²) in [4.78, 5) is 32.3. The Morgan fingerprint density at radius 2 is 1.93 bits per heavy atom. The molecule has 2 heterocycles. The molecule has 0 bridgehead atoms. The molecule has 0 unspecified atom stereocenters. The average molecular weight is 392 g/mol. The summed E-state index contributed by atoms with van der Waals surface area (Å²) < 4.78 is 5.22. The maximum atomic E-state index is 12.4. The fraction of sp³-hybridized carbons (Fsp3) is 0.143. The Kier molecular flexibility index (Phi) is 5.45. The van der Waals surface area contributed by atoms with Gasteiger partial charge in [0.15, 0.2) is 0 Å². The van der Waals surface area contributed by atoms with Gasteiger partial charge in [0.25, 0.3) is 5.91 Å². The number of carboxylic acid groups (broad SMARTS) is 1. The fourth-order valence-electron chi connectivity index (χ4n) is 2.97. The molecule has 3 aromatic rings. The molecule has 8 heteroatoms. The first-order valence-electron chi connectivity index (χ1n) is 8.48. The predicted octanol–water partition coefficient (Wildman–Crippen LogP) is 3.47. The Labute approximate surface area is 167 Å². The lowest BCUT2D eigenvalue weighted by atomic mass is 10.0. The first-order chi connectivity index (χ1) is 13.5. The normalized spacial score (nSPS) is 11.8. The molecule has 8 nitrogen and oxygen atoms in total. The second kappa shape index (κ2) is 7.97. The molecule has 1 aliphatic rings. The van der Waals surface area contributed by atoms with Crippen LogP contribution in [0.2, 0.25) is 0 Å². The number of aromatic carboxylic acids is 1. The Morgan fingerprint density at radius 1 is 1.17 bits per heavy atom. The van der Waals surface area contributed by atoms with Crippen molar-refractivity contribution in [3.63, 3.8) is 0 Å². The summed E-state index contributed by atoms with van der Waals surface area (Å²) in [6.45, 7) is 0.318. The summed E-state index contributed by atoms with van der Waals surface area (Å²) in [5, 5.41) is 14.9. The van der Waals surface area contributed by atoms with Crippen LogP contribution in [0.15, 0.2) is 48.7 Å². The molecular formula is C21H20N4O4. The number of nitrogens with zero attached hydrogens (tertiary/aromatic N) is 2. The molecular weight excluding hydrogens is 372 g/mol. The van der Waals surface area contributed by atoms with Crippen LogP contribution in [0.3, 0.4) is 0 Å². The van der Waals surface area contributed by atoms with Gasteiger partial charge < -0.3 is 20.5 Å². The van der Waals surface area contributed by atoms with Crippen LogP contribution < -0.4 is 15.4 Å². The molecule has 0 saturated heterocycles. The van der Waals surface area contributed by atoms with Crippen LogP contribution in [0.1, 0.15) is 33.7 Å². The third kappa shape index (κ3) is 3.86. The highest BCUT2D eigenvalue weighted by molar-refractivity contribution is 6.02. The maximum absolute atomic E-state index is 12.4. The monoisotopic (exact) mass is 392 g/mol. The van der Waals surface area contributed by atoms with Gasteiger partial charge in [-0.15, -0.1) is 0 Å². The lowest BCUT2D eigenvalue weighted by molar-refractivity contribution is 0.0696. The number of hydrogen-bond donors (Lipinski definition) is 3. The number of amides is 1. The van der Waals surface area contributed by atoms with Crippen molar-refractivity contribution in [2.75, 3.05) is 12.4 Å². The van der Waals surface area contributed by atoms with Gasteiger partial charge in [-0.3, -0.25) is 4.79 Å². The van der Waals surface area contributed by atoms with Crippen molar-refractivity contribution in [3.05, 3.63) is 65.4 Å². The Hall–Kier alpha value is -3.94. The predicted molar refractivity (Wildman–Crippen MR) is 109 cm³/mol. The minimum Gasteiger partial charge on any atom is -0.497 e. The Bertz CT molecular complexity index is 1080. The van der Waals surface area contributed by atoms with Crippen LogP contribution >= 0.6 is 0 Å². The van der Waals surface area contributed by atoms with Crippen LogP contribution in [0.25, 0.3) is 11.3 Å². The molecule has 0 fully saturated rings. The number of aromatic nitrogens is 2. The van der Waals surface area contributed by atoms with Crippen molar-refractivity contribution < 1.29 is 19.4 Å². The van der Waals surface area contributed by atoms with Gasteiger partial charge in [0.05, 0.1) is 23.9 Å². The fourth-order valence-corrected chi connectivity index (χ4v) is 2.97. The molecule has 3 N–H and O–H groups in total. The van der Waals surface area contributed by atoms with E-state index in [0.29, 0.717) is 40.8 Å². The van der Waals surface area contributed by atoms with Crippen molar-refractivity contribution in [1.82, 2.24) is 15.3 Å². The number of benzene rings is 2. The van der Waals surface area contributed by atoms with E-state index in [-0.39, 0.29) is 18.9 Å². The number of hydrogen-bond acceptors (Lipinski definition) is 6. The highest BCUT2D eigenvalue weighted by Crippen LogP contribution is 2.31. The summed E-state index contributed by atoms with van der Waals surface area (Å²) >= 11 is 0. The van der Waals surface area contributed by atoms with Gasteiger partial charge >= 0.3 is 5.97 Å². The second-order valence-corrected chi connectivity index (χ2v) is 6.17. The van der Waals surface area contributed by atoms with E-state index in [1.54, 1.807) is 43.6 Å². The average Bonchev–Trinajstić information content (AvgIpc) is 2.85. The lowest BCUT2D eigenvalue weighted by Gasteiger charge is -2.11. The highest BCUT2D eigenvalue weighted by atomic mass is 16.5. The first-order valence-corrected chi connectivity index (χ1v) is 8.48. The van der Waals surface area contributed by atoms with E-state index in [1.165, 1.54) is 12.1 Å². The van der Waals surface area contributed by atoms with Crippen LogP contribution in [0.4, 0.5) is 11.6 Å². The van der Waals surface area contributed by atoms with Gasteiger partial charge in [-0.25, -0.2) is 14.8 Å². The Balaban J connectivity index is 0.00000240. The molecule has 0 atom stereocenters. The number of methoxy groups -OCH3 is 1. The number of anilines is 2. The third-order valence-corrected chi connectivity index (χ3v) is 4.42. The van der Waals surface area contributed by atoms with E-state index >= 15 is 0 Å². The summed E-state index contributed by atoms with van der Waals surface area (Å²) in [5.41, 5.74) is 3.47. The van der Waals surface area contributed by atoms with Crippen LogP contribution in [0.5, 0.6) is 5.75 Å². The lowest BCUT2D eigenvalue weighted by Crippen LogP contribution is -2.21. The molecule has 4 rings (SSSR count). The van der Waals surface area contributed by atoms with Crippen molar-refractivity contribution in [1.29, 1.82) is 0 Å². The second-order valence-electron chi connectivity index (χ2n) is 6.17. The van der Waals surface area contributed by atoms with Crippen LogP contribution in [-0.4, -0.2) is 34.1 Å². The summed E-state index contributed by atoms with van der Waals surface area (Å²) in [6.07, 6.45) is 1.66. The summed E-state index contributed by atoms with van der Waals surface area (Å²) in [7, 11) is 1.55. The van der Waals surface area contributed by atoms with Crippen molar-refractivity contribution in [2.45, 2.75) is 14.0 Å². The van der Waals surface area contributed by atoms with Crippen molar-refractivity contribution in [3.8, 4) is 17.0 Å². The van der Waals surface area contributed by atoms with E-state index in [2.05, 4.69) is 20.6 Å². The molecule has 148 valence electrons. The van der Waals surface area contributed by atoms with Crippen LogP contribution in [0, 0.1) is 0 Å². The molecule has 2 aromatic carbocycles. The van der Waals surface area contributed by atoms with Gasteiger partial charge in [0.1, 0.15) is 5.75 Å². The smallest absolute Gasteiger partial charge is 0.335 e. The zero-order valence-electron chi connectivity index (χ0n) is 14.9. The molecule has 0 saturated carbocycles. The van der Waals surface area contributed by atoms with E-state index in [0.717, 1.165) is 5.56 Å². The zero-order valence-corrected chi connectivity index (χ0v) is 14.9. The highest BCUT2D eigenvalue weighted by Gasteiger charge is 2.22.